The Labute approximate surface area is 103 Å². The van der Waals surface area contributed by atoms with Gasteiger partial charge in [-0.25, -0.2) is 4.79 Å². The third-order valence-corrected chi connectivity index (χ3v) is 2.57. The van der Waals surface area contributed by atoms with E-state index in [4.69, 9.17) is 9.47 Å². The quantitative estimate of drug-likeness (QED) is 0.712. The third kappa shape index (κ3) is 5.00. The molecular formula is C14H20O3. The molecule has 0 fully saturated rings. The van der Waals surface area contributed by atoms with Gasteiger partial charge in [-0.05, 0) is 31.4 Å². The topological polar surface area (TPSA) is 35.5 Å². The zero-order valence-electron chi connectivity index (χ0n) is 10.7. The molecule has 0 aliphatic rings. The minimum atomic E-state index is -0.252. The van der Waals surface area contributed by atoms with E-state index in [-0.39, 0.29) is 5.97 Å². The van der Waals surface area contributed by atoms with Gasteiger partial charge in [0, 0.05) is 13.7 Å². The summed E-state index contributed by atoms with van der Waals surface area (Å²) in [6.45, 7) is 5.14. The van der Waals surface area contributed by atoms with Crippen LogP contribution in [0, 0.1) is 12.8 Å². The minimum absolute atomic E-state index is 0.252. The zero-order chi connectivity index (χ0) is 12.7. The van der Waals surface area contributed by atoms with Gasteiger partial charge in [0.15, 0.2) is 0 Å². The molecule has 0 bridgehead atoms. The number of carbonyl (C=O) groups excluding carboxylic acids is 1. The molecule has 0 N–H and O–H groups in total. The fourth-order valence-electron chi connectivity index (χ4n) is 1.48. The Balaban J connectivity index is 2.39. The minimum Gasteiger partial charge on any atom is -0.462 e. The van der Waals surface area contributed by atoms with Crippen LogP contribution in [0.25, 0.3) is 0 Å². The molecule has 0 aliphatic carbocycles. The highest BCUT2D eigenvalue weighted by Gasteiger charge is 2.09. The van der Waals surface area contributed by atoms with Gasteiger partial charge >= 0.3 is 5.97 Å². The van der Waals surface area contributed by atoms with Crippen LogP contribution >= 0.6 is 0 Å². The van der Waals surface area contributed by atoms with Crippen LogP contribution in [0.3, 0.4) is 0 Å². The second-order valence-electron chi connectivity index (χ2n) is 4.35. The van der Waals surface area contributed by atoms with Gasteiger partial charge in [-0.3, -0.25) is 0 Å². The number of benzene rings is 1. The molecule has 0 saturated carbocycles. The fourth-order valence-corrected chi connectivity index (χ4v) is 1.48. The molecule has 0 heterocycles. The Morgan fingerprint density at radius 1 is 1.41 bits per heavy atom. The van der Waals surface area contributed by atoms with Crippen molar-refractivity contribution in [2.45, 2.75) is 20.3 Å². The second kappa shape index (κ2) is 7.07. The Hall–Kier alpha value is -1.35. The molecule has 1 aromatic carbocycles. The molecule has 1 rings (SSSR count). The largest absolute Gasteiger partial charge is 0.462 e. The molecule has 1 aromatic rings. The lowest BCUT2D eigenvalue weighted by Crippen LogP contribution is -2.13. The van der Waals surface area contributed by atoms with Crippen LogP contribution < -0.4 is 0 Å². The van der Waals surface area contributed by atoms with E-state index in [1.807, 2.05) is 32.0 Å². The number of hydrogen-bond donors (Lipinski definition) is 0. The van der Waals surface area contributed by atoms with Crippen molar-refractivity contribution < 1.29 is 14.3 Å². The molecule has 3 nitrogen and oxygen atoms in total. The molecule has 0 radical (unpaired) electrons. The highest BCUT2D eigenvalue weighted by atomic mass is 16.5. The molecule has 0 aliphatic heterocycles. The van der Waals surface area contributed by atoms with Crippen molar-refractivity contribution in [2.24, 2.45) is 5.92 Å². The van der Waals surface area contributed by atoms with E-state index in [1.54, 1.807) is 13.2 Å². The first-order valence-electron chi connectivity index (χ1n) is 5.86. The molecule has 0 amide bonds. The molecule has 94 valence electrons. The lowest BCUT2D eigenvalue weighted by Gasteiger charge is -2.11. The summed E-state index contributed by atoms with van der Waals surface area (Å²) < 4.78 is 10.2. The molecule has 0 spiro atoms. The van der Waals surface area contributed by atoms with Crippen molar-refractivity contribution in [1.29, 1.82) is 0 Å². The first kappa shape index (κ1) is 13.7. The molecule has 1 unspecified atom stereocenters. The molecule has 1 atom stereocenters. The van der Waals surface area contributed by atoms with E-state index >= 15 is 0 Å². The monoisotopic (exact) mass is 236 g/mol. The number of ether oxygens (including phenoxy) is 2. The lowest BCUT2D eigenvalue weighted by molar-refractivity contribution is 0.0424. The smallest absolute Gasteiger partial charge is 0.338 e. The van der Waals surface area contributed by atoms with E-state index in [0.717, 1.165) is 12.0 Å². The molecule has 0 aromatic heterocycles. The van der Waals surface area contributed by atoms with Gasteiger partial charge in [-0.2, -0.15) is 0 Å². The number of hydrogen-bond acceptors (Lipinski definition) is 3. The van der Waals surface area contributed by atoms with Gasteiger partial charge in [0.05, 0.1) is 12.2 Å². The van der Waals surface area contributed by atoms with Crippen molar-refractivity contribution in [3.05, 3.63) is 35.4 Å². The predicted octanol–water partition coefficient (Wildman–Crippen LogP) is 2.82. The third-order valence-electron chi connectivity index (χ3n) is 2.57. The van der Waals surface area contributed by atoms with E-state index in [2.05, 4.69) is 0 Å². The van der Waals surface area contributed by atoms with Crippen molar-refractivity contribution in [2.75, 3.05) is 20.3 Å². The summed E-state index contributed by atoms with van der Waals surface area (Å²) in [5.41, 5.74) is 1.68. The average molecular weight is 236 g/mol. The van der Waals surface area contributed by atoms with Crippen LogP contribution in [0.15, 0.2) is 24.3 Å². The van der Waals surface area contributed by atoms with E-state index in [0.29, 0.717) is 24.7 Å². The summed E-state index contributed by atoms with van der Waals surface area (Å²) in [5.74, 6) is 0.0710. The number of rotatable bonds is 6. The Bertz CT molecular complexity index is 360. The maximum absolute atomic E-state index is 11.7. The summed E-state index contributed by atoms with van der Waals surface area (Å²) in [5, 5.41) is 0. The Kier molecular flexibility index (Phi) is 5.70. The van der Waals surface area contributed by atoms with Gasteiger partial charge in [0.25, 0.3) is 0 Å². The number of esters is 1. The summed E-state index contributed by atoms with van der Waals surface area (Å²) in [7, 11) is 1.67. The van der Waals surface area contributed by atoms with Crippen LogP contribution in [0.5, 0.6) is 0 Å². The van der Waals surface area contributed by atoms with Crippen LogP contribution in [0.1, 0.15) is 29.3 Å². The molecule has 17 heavy (non-hydrogen) atoms. The zero-order valence-corrected chi connectivity index (χ0v) is 10.7. The molecule has 0 saturated heterocycles. The SMILES string of the molecule is COCCC(C)COC(=O)c1cccc(C)c1. The number of methoxy groups -OCH3 is 1. The predicted molar refractivity (Wildman–Crippen MR) is 67.1 cm³/mol. The van der Waals surface area contributed by atoms with Crippen molar-refractivity contribution in [3.63, 3.8) is 0 Å². The van der Waals surface area contributed by atoms with E-state index in [9.17, 15) is 4.79 Å². The molecule has 3 heteroatoms. The normalized spacial score (nSPS) is 12.2. The van der Waals surface area contributed by atoms with Crippen molar-refractivity contribution in [1.82, 2.24) is 0 Å². The van der Waals surface area contributed by atoms with E-state index < -0.39 is 0 Å². The summed E-state index contributed by atoms with van der Waals surface area (Å²) >= 11 is 0. The van der Waals surface area contributed by atoms with Crippen LogP contribution in [-0.2, 0) is 9.47 Å². The summed E-state index contributed by atoms with van der Waals surface area (Å²) in [6, 6.07) is 7.43. The van der Waals surface area contributed by atoms with Gasteiger partial charge in [-0.15, -0.1) is 0 Å². The Morgan fingerprint density at radius 3 is 2.82 bits per heavy atom. The van der Waals surface area contributed by atoms with Gasteiger partial charge in [-0.1, -0.05) is 24.6 Å². The van der Waals surface area contributed by atoms with Crippen molar-refractivity contribution >= 4 is 5.97 Å². The number of carbonyl (C=O) groups is 1. The maximum Gasteiger partial charge on any atom is 0.338 e. The highest BCUT2D eigenvalue weighted by molar-refractivity contribution is 5.89. The first-order chi connectivity index (χ1) is 8.13. The standard InChI is InChI=1S/C14H20O3/c1-11-5-4-6-13(9-11)14(15)17-10-12(2)7-8-16-3/h4-6,9,12H,7-8,10H2,1-3H3. The second-order valence-corrected chi connectivity index (χ2v) is 4.35. The van der Waals surface area contributed by atoms with Crippen LogP contribution in [-0.4, -0.2) is 26.3 Å². The van der Waals surface area contributed by atoms with Gasteiger partial charge in [0.2, 0.25) is 0 Å². The Morgan fingerprint density at radius 2 is 2.18 bits per heavy atom. The fraction of sp³-hybridized carbons (Fsp3) is 0.500. The highest BCUT2D eigenvalue weighted by Crippen LogP contribution is 2.08. The van der Waals surface area contributed by atoms with Crippen molar-refractivity contribution in [3.8, 4) is 0 Å². The average Bonchev–Trinajstić information content (AvgIpc) is 2.33. The van der Waals surface area contributed by atoms with Crippen LogP contribution in [0.4, 0.5) is 0 Å². The van der Waals surface area contributed by atoms with Gasteiger partial charge < -0.3 is 9.47 Å². The maximum atomic E-state index is 11.7. The number of aryl methyl sites for hydroxylation is 1. The first-order valence-corrected chi connectivity index (χ1v) is 5.86. The van der Waals surface area contributed by atoms with Crippen LogP contribution in [0.2, 0.25) is 0 Å². The summed E-state index contributed by atoms with van der Waals surface area (Å²) in [4.78, 5) is 11.7. The van der Waals surface area contributed by atoms with Gasteiger partial charge in [0.1, 0.15) is 0 Å². The lowest BCUT2D eigenvalue weighted by atomic mass is 10.1. The summed E-state index contributed by atoms with van der Waals surface area (Å²) in [6.07, 6.45) is 0.900. The van der Waals surface area contributed by atoms with E-state index in [1.165, 1.54) is 0 Å². The molecular weight excluding hydrogens is 216 g/mol.